The lowest BCUT2D eigenvalue weighted by molar-refractivity contribution is 0.182. The summed E-state index contributed by atoms with van der Waals surface area (Å²) in [5, 5.41) is 9.95. The van der Waals surface area contributed by atoms with Crippen molar-refractivity contribution in [3.05, 3.63) is 66.5 Å². The molecule has 1 aliphatic rings. The van der Waals surface area contributed by atoms with Crippen LogP contribution in [0.25, 0.3) is 21.7 Å². The standard InChI is InChI=1S/C23H22N4O2/c28-23(26-22-20-15-25-29-21(20)7-10-24-22)27-11-8-16(9-12-27)13-17-5-6-18-3-1-2-4-19(18)14-17/h1-7,10,14-16H,8-9,11-13H2,(H,24,26,28). The zero-order chi connectivity index (χ0) is 19.6. The van der Waals surface area contributed by atoms with Crippen LogP contribution in [0.15, 0.2) is 65.4 Å². The zero-order valence-corrected chi connectivity index (χ0v) is 16.0. The Morgan fingerprint density at radius 1 is 1.10 bits per heavy atom. The minimum absolute atomic E-state index is 0.115. The van der Waals surface area contributed by atoms with Gasteiger partial charge in [-0.2, -0.15) is 0 Å². The molecule has 0 saturated carbocycles. The van der Waals surface area contributed by atoms with Crippen molar-refractivity contribution in [3.8, 4) is 0 Å². The van der Waals surface area contributed by atoms with E-state index < -0.39 is 0 Å². The summed E-state index contributed by atoms with van der Waals surface area (Å²) >= 11 is 0. The number of anilines is 1. The van der Waals surface area contributed by atoms with Crippen LogP contribution < -0.4 is 5.32 Å². The van der Waals surface area contributed by atoms with E-state index in [1.54, 1.807) is 18.5 Å². The third-order valence-electron chi connectivity index (χ3n) is 5.75. The molecule has 146 valence electrons. The van der Waals surface area contributed by atoms with Gasteiger partial charge in [0.2, 0.25) is 0 Å². The van der Waals surface area contributed by atoms with Crippen LogP contribution in [0.3, 0.4) is 0 Å². The number of hydrogen-bond donors (Lipinski definition) is 1. The summed E-state index contributed by atoms with van der Waals surface area (Å²) in [6.45, 7) is 1.51. The van der Waals surface area contributed by atoms with Crippen LogP contribution in [0.2, 0.25) is 0 Å². The van der Waals surface area contributed by atoms with Crippen molar-refractivity contribution in [3.63, 3.8) is 0 Å². The average Bonchev–Trinajstić information content (AvgIpc) is 3.24. The van der Waals surface area contributed by atoms with Crippen molar-refractivity contribution in [2.24, 2.45) is 5.92 Å². The zero-order valence-electron chi connectivity index (χ0n) is 16.0. The van der Waals surface area contributed by atoms with Gasteiger partial charge in [-0.25, -0.2) is 9.78 Å². The van der Waals surface area contributed by atoms with E-state index in [2.05, 4.69) is 57.9 Å². The van der Waals surface area contributed by atoms with Crippen molar-refractivity contribution >= 4 is 33.6 Å². The first kappa shape index (κ1) is 17.7. The summed E-state index contributed by atoms with van der Waals surface area (Å²) in [7, 11) is 0. The Bertz CT molecular complexity index is 1160. The Morgan fingerprint density at radius 3 is 2.79 bits per heavy atom. The molecule has 6 nitrogen and oxygen atoms in total. The second-order valence-electron chi connectivity index (χ2n) is 7.64. The Kier molecular flexibility index (Phi) is 4.60. The summed E-state index contributed by atoms with van der Waals surface area (Å²) in [5.74, 6) is 1.09. The van der Waals surface area contributed by atoms with Gasteiger partial charge in [-0.15, -0.1) is 0 Å². The predicted molar refractivity (Wildman–Crippen MR) is 113 cm³/mol. The maximum Gasteiger partial charge on any atom is 0.323 e. The Labute approximate surface area is 168 Å². The fraction of sp³-hybridized carbons (Fsp3) is 0.261. The highest BCUT2D eigenvalue weighted by Gasteiger charge is 2.24. The number of nitrogens with zero attached hydrogens (tertiary/aromatic N) is 3. The number of piperidine rings is 1. The van der Waals surface area contributed by atoms with Gasteiger partial charge in [0.05, 0.1) is 11.6 Å². The summed E-state index contributed by atoms with van der Waals surface area (Å²) in [6.07, 6.45) is 6.25. The topological polar surface area (TPSA) is 71.3 Å². The van der Waals surface area contributed by atoms with Crippen LogP contribution in [-0.2, 0) is 6.42 Å². The summed E-state index contributed by atoms with van der Waals surface area (Å²) in [4.78, 5) is 18.8. The van der Waals surface area contributed by atoms with Gasteiger partial charge in [-0.1, -0.05) is 47.6 Å². The van der Waals surface area contributed by atoms with E-state index in [1.165, 1.54) is 16.3 Å². The van der Waals surface area contributed by atoms with Gasteiger partial charge in [-0.3, -0.25) is 5.32 Å². The van der Waals surface area contributed by atoms with E-state index >= 15 is 0 Å². The van der Waals surface area contributed by atoms with Crippen LogP contribution in [0, 0.1) is 5.92 Å². The number of pyridine rings is 1. The molecule has 29 heavy (non-hydrogen) atoms. The quantitative estimate of drug-likeness (QED) is 0.546. The van der Waals surface area contributed by atoms with Crippen LogP contribution in [0.1, 0.15) is 18.4 Å². The molecule has 6 heteroatoms. The molecule has 1 saturated heterocycles. The average molecular weight is 386 g/mol. The molecule has 0 unspecified atom stereocenters. The maximum absolute atomic E-state index is 12.7. The third kappa shape index (κ3) is 3.66. The van der Waals surface area contributed by atoms with Gasteiger partial charge >= 0.3 is 6.03 Å². The number of nitrogens with one attached hydrogen (secondary N) is 1. The van der Waals surface area contributed by atoms with E-state index in [4.69, 9.17) is 4.52 Å². The van der Waals surface area contributed by atoms with Crippen molar-refractivity contribution in [1.29, 1.82) is 0 Å². The molecule has 0 atom stereocenters. The number of carbonyl (C=O) groups excluding carboxylic acids is 1. The molecule has 0 bridgehead atoms. The van der Waals surface area contributed by atoms with Gasteiger partial charge in [0.15, 0.2) is 5.58 Å². The largest absolute Gasteiger partial charge is 0.356 e. The molecule has 1 fully saturated rings. The molecule has 1 N–H and O–H groups in total. The molecule has 0 aliphatic carbocycles. The SMILES string of the molecule is O=C(Nc1nccc2oncc12)N1CCC(Cc2ccc3ccccc3c2)CC1. The maximum atomic E-state index is 12.7. The molecule has 2 amide bonds. The molecule has 2 aromatic carbocycles. The number of rotatable bonds is 3. The molecule has 3 heterocycles. The van der Waals surface area contributed by atoms with Crippen LogP contribution in [0.4, 0.5) is 10.6 Å². The van der Waals surface area contributed by atoms with E-state index in [1.807, 2.05) is 4.90 Å². The Balaban J connectivity index is 1.19. The Morgan fingerprint density at radius 2 is 1.93 bits per heavy atom. The smallest absolute Gasteiger partial charge is 0.323 e. The lowest BCUT2D eigenvalue weighted by Crippen LogP contribution is -2.41. The first-order valence-corrected chi connectivity index (χ1v) is 9.99. The first-order valence-electron chi connectivity index (χ1n) is 9.99. The van der Waals surface area contributed by atoms with Gasteiger partial charge in [0.1, 0.15) is 5.82 Å². The fourth-order valence-corrected chi connectivity index (χ4v) is 4.11. The monoisotopic (exact) mass is 386 g/mol. The van der Waals surface area contributed by atoms with Gasteiger partial charge in [0.25, 0.3) is 0 Å². The number of amides is 2. The second kappa shape index (κ2) is 7.54. The number of urea groups is 1. The molecule has 5 rings (SSSR count). The number of benzene rings is 2. The number of hydrogen-bond acceptors (Lipinski definition) is 4. The van der Waals surface area contributed by atoms with E-state index in [9.17, 15) is 4.79 Å². The number of carbonyl (C=O) groups is 1. The molecule has 1 aliphatic heterocycles. The molecular weight excluding hydrogens is 364 g/mol. The van der Waals surface area contributed by atoms with Crippen LogP contribution in [0.5, 0.6) is 0 Å². The molecule has 4 aromatic rings. The van der Waals surface area contributed by atoms with E-state index in [0.29, 0.717) is 22.7 Å². The Hall–Kier alpha value is -3.41. The summed E-state index contributed by atoms with van der Waals surface area (Å²) in [5.41, 5.74) is 1.99. The molecular formula is C23H22N4O2. The van der Waals surface area contributed by atoms with Crippen molar-refractivity contribution in [1.82, 2.24) is 15.0 Å². The molecule has 0 radical (unpaired) electrons. The van der Waals surface area contributed by atoms with Gasteiger partial charge in [-0.05, 0) is 41.5 Å². The van der Waals surface area contributed by atoms with E-state index in [0.717, 1.165) is 32.4 Å². The number of fused-ring (bicyclic) bond motifs is 2. The normalized spacial score (nSPS) is 15.1. The minimum atomic E-state index is -0.115. The van der Waals surface area contributed by atoms with Crippen LogP contribution >= 0.6 is 0 Å². The summed E-state index contributed by atoms with van der Waals surface area (Å²) in [6, 6.07) is 16.8. The number of likely N-dealkylation sites (tertiary alicyclic amines) is 1. The lowest BCUT2D eigenvalue weighted by Gasteiger charge is -2.32. The third-order valence-corrected chi connectivity index (χ3v) is 5.75. The molecule has 0 spiro atoms. The minimum Gasteiger partial charge on any atom is -0.356 e. The number of aromatic nitrogens is 2. The lowest BCUT2D eigenvalue weighted by atomic mass is 9.89. The highest BCUT2D eigenvalue weighted by Crippen LogP contribution is 2.25. The highest BCUT2D eigenvalue weighted by molar-refractivity contribution is 5.97. The predicted octanol–water partition coefficient (Wildman–Crippen LogP) is 4.86. The second-order valence-corrected chi connectivity index (χ2v) is 7.64. The van der Waals surface area contributed by atoms with Crippen molar-refractivity contribution in [2.75, 3.05) is 18.4 Å². The fourth-order valence-electron chi connectivity index (χ4n) is 4.11. The van der Waals surface area contributed by atoms with Crippen LogP contribution in [-0.4, -0.2) is 34.2 Å². The first-order chi connectivity index (χ1) is 14.3. The van der Waals surface area contributed by atoms with E-state index in [-0.39, 0.29) is 6.03 Å². The van der Waals surface area contributed by atoms with Crippen molar-refractivity contribution < 1.29 is 9.32 Å². The van der Waals surface area contributed by atoms with Crippen molar-refractivity contribution in [2.45, 2.75) is 19.3 Å². The van der Waals surface area contributed by atoms with Gasteiger partial charge < -0.3 is 9.42 Å². The molecule has 2 aromatic heterocycles. The van der Waals surface area contributed by atoms with Gasteiger partial charge in [0, 0.05) is 25.4 Å². The highest BCUT2D eigenvalue weighted by atomic mass is 16.5. The summed E-state index contributed by atoms with van der Waals surface area (Å²) < 4.78 is 5.13.